The Balaban J connectivity index is 1.61. The Labute approximate surface area is 206 Å². The molecule has 0 radical (unpaired) electrons. The molecule has 5 aromatic rings. The fraction of sp³-hybridized carbons (Fsp3) is 0.160. The number of H-pyrrole nitrogens is 1. The van der Waals surface area contributed by atoms with Crippen molar-refractivity contribution in [3.63, 3.8) is 0 Å². The van der Waals surface area contributed by atoms with E-state index in [1.807, 2.05) is 55.5 Å². The topological polar surface area (TPSA) is 119 Å². The molecule has 35 heavy (non-hydrogen) atoms. The Morgan fingerprint density at radius 2 is 1.94 bits per heavy atom. The van der Waals surface area contributed by atoms with E-state index in [9.17, 15) is 4.79 Å². The maximum Gasteiger partial charge on any atom is 0.222 e. The smallest absolute Gasteiger partial charge is 0.222 e. The van der Waals surface area contributed by atoms with Crippen LogP contribution in [0.2, 0.25) is 5.02 Å². The number of halogens is 1. The standard InChI is InChI=1S/C25H23ClN8O/c1-3-19(35)14-34(18-6-4-17(26)5-7-18)23-9-22(31-25(27)32-23)21-12-29-24-20(21)8-15(10-28-24)16-11-30-33(2)13-16/h4-13H,3,14H2,1-2H3,(H,28,29)(H2,27,31,32). The van der Waals surface area contributed by atoms with Crippen LogP contribution in [0.1, 0.15) is 13.3 Å². The number of aromatic amines is 1. The van der Waals surface area contributed by atoms with Crippen molar-refractivity contribution in [1.82, 2.24) is 29.7 Å². The van der Waals surface area contributed by atoms with Gasteiger partial charge in [0.25, 0.3) is 0 Å². The number of aryl methyl sites for hydroxylation is 1. The lowest BCUT2D eigenvalue weighted by atomic mass is 10.1. The molecule has 9 nitrogen and oxygen atoms in total. The van der Waals surface area contributed by atoms with Gasteiger partial charge in [-0.15, -0.1) is 0 Å². The molecule has 0 bridgehead atoms. The molecule has 4 aromatic heterocycles. The number of Topliss-reactive ketones (excluding diaryl/α,β-unsaturated/α-hetero) is 1. The first-order chi connectivity index (χ1) is 16.9. The van der Waals surface area contributed by atoms with Gasteiger partial charge in [0.05, 0.1) is 18.4 Å². The molecule has 0 aliphatic carbocycles. The van der Waals surface area contributed by atoms with Crippen LogP contribution in [-0.2, 0) is 11.8 Å². The minimum Gasteiger partial charge on any atom is -0.368 e. The van der Waals surface area contributed by atoms with Gasteiger partial charge in [0.2, 0.25) is 5.95 Å². The van der Waals surface area contributed by atoms with Gasteiger partial charge in [-0.1, -0.05) is 18.5 Å². The molecule has 0 saturated carbocycles. The number of fused-ring (bicyclic) bond motifs is 1. The largest absolute Gasteiger partial charge is 0.368 e. The van der Waals surface area contributed by atoms with Crippen LogP contribution in [0, 0.1) is 0 Å². The van der Waals surface area contributed by atoms with Gasteiger partial charge in [-0.05, 0) is 30.3 Å². The second kappa shape index (κ2) is 9.19. The van der Waals surface area contributed by atoms with Crippen LogP contribution >= 0.6 is 11.6 Å². The van der Waals surface area contributed by atoms with E-state index in [2.05, 4.69) is 25.0 Å². The zero-order chi connectivity index (χ0) is 24.5. The number of carbonyl (C=O) groups excluding carboxylic acids is 1. The summed E-state index contributed by atoms with van der Waals surface area (Å²) < 4.78 is 1.75. The number of anilines is 3. The van der Waals surface area contributed by atoms with Crippen LogP contribution in [0.25, 0.3) is 33.4 Å². The molecule has 0 saturated heterocycles. The first-order valence-corrected chi connectivity index (χ1v) is 11.4. The molecular formula is C25H23ClN8O. The number of ketones is 1. The van der Waals surface area contributed by atoms with E-state index in [1.165, 1.54) is 0 Å². The molecule has 10 heteroatoms. The molecule has 0 spiro atoms. The summed E-state index contributed by atoms with van der Waals surface area (Å²) in [6, 6.07) is 11.1. The summed E-state index contributed by atoms with van der Waals surface area (Å²) in [5, 5.41) is 5.74. The third-order valence-corrected chi connectivity index (χ3v) is 5.97. The number of hydrogen-bond donors (Lipinski definition) is 2. The van der Waals surface area contributed by atoms with E-state index in [1.54, 1.807) is 29.2 Å². The molecule has 0 amide bonds. The van der Waals surface area contributed by atoms with E-state index in [0.29, 0.717) is 23.0 Å². The lowest BCUT2D eigenvalue weighted by Gasteiger charge is -2.23. The summed E-state index contributed by atoms with van der Waals surface area (Å²) in [6.45, 7) is 1.98. The summed E-state index contributed by atoms with van der Waals surface area (Å²) in [4.78, 5) is 30.9. The molecule has 0 atom stereocenters. The average Bonchev–Trinajstić information content (AvgIpc) is 3.48. The Morgan fingerprint density at radius 1 is 1.14 bits per heavy atom. The maximum atomic E-state index is 12.4. The van der Waals surface area contributed by atoms with Crippen molar-refractivity contribution in [2.75, 3.05) is 17.2 Å². The average molecular weight is 487 g/mol. The highest BCUT2D eigenvalue weighted by Crippen LogP contribution is 2.33. The first kappa shape index (κ1) is 22.5. The molecule has 0 unspecified atom stereocenters. The molecule has 1 aromatic carbocycles. The Kier molecular flexibility index (Phi) is 5.92. The van der Waals surface area contributed by atoms with Crippen molar-refractivity contribution >= 4 is 45.9 Å². The fourth-order valence-corrected chi connectivity index (χ4v) is 4.01. The van der Waals surface area contributed by atoms with Gasteiger partial charge < -0.3 is 15.6 Å². The molecule has 4 heterocycles. The van der Waals surface area contributed by atoms with Crippen molar-refractivity contribution < 1.29 is 4.79 Å². The molecule has 0 fully saturated rings. The minimum absolute atomic E-state index is 0.0658. The molecule has 0 aliphatic rings. The minimum atomic E-state index is 0.0658. The van der Waals surface area contributed by atoms with E-state index in [-0.39, 0.29) is 18.3 Å². The maximum absolute atomic E-state index is 12.4. The number of hydrogen-bond acceptors (Lipinski definition) is 7. The lowest BCUT2D eigenvalue weighted by Crippen LogP contribution is -2.26. The van der Waals surface area contributed by atoms with Gasteiger partial charge >= 0.3 is 0 Å². The third kappa shape index (κ3) is 4.58. The summed E-state index contributed by atoms with van der Waals surface area (Å²) in [7, 11) is 1.87. The van der Waals surface area contributed by atoms with Crippen molar-refractivity contribution in [2.24, 2.45) is 7.05 Å². The molecule has 3 N–H and O–H groups in total. The SMILES string of the molecule is CCC(=O)CN(c1ccc(Cl)cc1)c1cc(-c2c[nH]c3ncc(-c4cnn(C)c4)cc23)nc(N)n1. The molecule has 5 rings (SSSR count). The first-order valence-electron chi connectivity index (χ1n) is 11.1. The van der Waals surface area contributed by atoms with Gasteiger partial charge in [-0.2, -0.15) is 10.1 Å². The number of nitrogens with zero attached hydrogens (tertiary/aromatic N) is 6. The van der Waals surface area contributed by atoms with E-state index in [0.717, 1.165) is 33.4 Å². The Morgan fingerprint density at radius 3 is 2.66 bits per heavy atom. The molecular weight excluding hydrogens is 464 g/mol. The normalized spacial score (nSPS) is 11.2. The number of rotatable bonds is 7. The fourth-order valence-electron chi connectivity index (χ4n) is 3.89. The predicted octanol–water partition coefficient (Wildman–Crippen LogP) is 4.77. The van der Waals surface area contributed by atoms with Gasteiger partial charge in [0, 0.05) is 70.9 Å². The molecule has 176 valence electrons. The second-order valence-corrected chi connectivity index (χ2v) is 8.59. The van der Waals surface area contributed by atoms with Crippen LogP contribution in [0.15, 0.2) is 61.2 Å². The summed E-state index contributed by atoms with van der Waals surface area (Å²) in [5.74, 6) is 0.685. The highest BCUT2D eigenvalue weighted by Gasteiger charge is 2.19. The van der Waals surface area contributed by atoms with Gasteiger partial charge in [-0.3, -0.25) is 9.48 Å². The predicted molar refractivity (Wildman–Crippen MR) is 137 cm³/mol. The zero-order valence-electron chi connectivity index (χ0n) is 19.2. The highest BCUT2D eigenvalue weighted by molar-refractivity contribution is 6.30. The number of benzene rings is 1. The highest BCUT2D eigenvalue weighted by atomic mass is 35.5. The van der Waals surface area contributed by atoms with Crippen molar-refractivity contribution in [3.8, 4) is 22.4 Å². The van der Waals surface area contributed by atoms with Crippen molar-refractivity contribution in [2.45, 2.75) is 13.3 Å². The Bertz CT molecular complexity index is 1520. The summed E-state index contributed by atoms with van der Waals surface area (Å²) >= 11 is 6.08. The van der Waals surface area contributed by atoms with Crippen LogP contribution in [0.4, 0.5) is 17.5 Å². The summed E-state index contributed by atoms with van der Waals surface area (Å²) in [6.07, 6.45) is 7.79. The number of nitrogens with one attached hydrogen (secondary N) is 1. The van der Waals surface area contributed by atoms with E-state index in [4.69, 9.17) is 17.3 Å². The van der Waals surface area contributed by atoms with Crippen LogP contribution in [-0.4, -0.2) is 42.0 Å². The number of nitrogen functional groups attached to an aromatic ring is 1. The van der Waals surface area contributed by atoms with Crippen LogP contribution in [0.3, 0.4) is 0 Å². The van der Waals surface area contributed by atoms with Crippen LogP contribution in [0.5, 0.6) is 0 Å². The van der Waals surface area contributed by atoms with E-state index < -0.39 is 0 Å². The number of nitrogens with two attached hydrogens (primary N) is 1. The Hall–Kier alpha value is -4.24. The zero-order valence-corrected chi connectivity index (χ0v) is 20.0. The van der Waals surface area contributed by atoms with Crippen LogP contribution < -0.4 is 10.6 Å². The van der Waals surface area contributed by atoms with Gasteiger partial charge in [-0.25, -0.2) is 9.97 Å². The van der Waals surface area contributed by atoms with Gasteiger partial charge in [0.15, 0.2) is 5.78 Å². The number of carbonyl (C=O) groups is 1. The second-order valence-electron chi connectivity index (χ2n) is 8.15. The molecule has 0 aliphatic heterocycles. The van der Waals surface area contributed by atoms with Crippen molar-refractivity contribution in [3.05, 3.63) is 66.2 Å². The quantitative estimate of drug-likeness (QED) is 0.340. The number of aromatic nitrogens is 6. The van der Waals surface area contributed by atoms with Gasteiger partial charge in [0.1, 0.15) is 11.5 Å². The summed E-state index contributed by atoms with van der Waals surface area (Å²) in [5.41, 5.74) is 11.0. The number of pyridine rings is 1. The third-order valence-electron chi connectivity index (χ3n) is 5.72. The lowest BCUT2D eigenvalue weighted by molar-refractivity contribution is -0.117. The van der Waals surface area contributed by atoms with Crippen molar-refractivity contribution in [1.29, 1.82) is 0 Å². The van der Waals surface area contributed by atoms with E-state index >= 15 is 0 Å². The monoisotopic (exact) mass is 486 g/mol.